The van der Waals surface area contributed by atoms with Crippen LogP contribution >= 0.6 is 23.2 Å². The van der Waals surface area contributed by atoms with Crippen molar-refractivity contribution in [3.05, 3.63) is 69.7 Å². The fourth-order valence-corrected chi connectivity index (χ4v) is 3.68. The summed E-state index contributed by atoms with van der Waals surface area (Å²) in [5.41, 5.74) is 2.29. The number of amides is 1. The average molecular weight is 391 g/mol. The first-order valence-electron chi connectivity index (χ1n) is 9.04. The van der Waals surface area contributed by atoms with E-state index in [2.05, 4.69) is 22.3 Å². The molecule has 0 spiro atoms. The number of likely N-dealkylation sites (tertiary alicyclic amines) is 1. The third-order valence-electron chi connectivity index (χ3n) is 4.92. The van der Waals surface area contributed by atoms with E-state index in [1.165, 1.54) is 5.56 Å². The number of hydrogen-bond donors (Lipinski definition) is 1. The molecule has 2 aromatic rings. The predicted octanol–water partition coefficient (Wildman–Crippen LogP) is 5.08. The van der Waals surface area contributed by atoms with E-state index in [4.69, 9.17) is 23.2 Å². The molecule has 1 heterocycles. The monoisotopic (exact) mass is 390 g/mol. The lowest BCUT2D eigenvalue weighted by Gasteiger charge is -2.32. The first-order valence-corrected chi connectivity index (χ1v) is 9.79. The lowest BCUT2D eigenvalue weighted by atomic mass is 9.96. The quantitative estimate of drug-likeness (QED) is 0.771. The molecule has 0 bridgehead atoms. The number of benzene rings is 2. The van der Waals surface area contributed by atoms with Gasteiger partial charge in [0.05, 0.1) is 12.0 Å². The average Bonchev–Trinajstić information content (AvgIpc) is 2.64. The summed E-state index contributed by atoms with van der Waals surface area (Å²) < 4.78 is 0. The summed E-state index contributed by atoms with van der Waals surface area (Å²) in [5.74, 6) is 0.166. The fourth-order valence-electron chi connectivity index (χ4n) is 3.43. The van der Waals surface area contributed by atoms with Crippen LogP contribution in [-0.2, 0) is 11.3 Å². The number of rotatable bonds is 5. The molecule has 1 amide bonds. The van der Waals surface area contributed by atoms with Gasteiger partial charge in [0.15, 0.2) is 0 Å². The Kier molecular flexibility index (Phi) is 6.58. The zero-order valence-corrected chi connectivity index (χ0v) is 16.4. The maximum absolute atomic E-state index is 12.7. The van der Waals surface area contributed by atoms with Gasteiger partial charge in [0, 0.05) is 23.1 Å². The van der Waals surface area contributed by atoms with Gasteiger partial charge in [-0.2, -0.15) is 0 Å². The molecule has 138 valence electrons. The van der Waals surface area contributed by atoms with Gasteiger partial charge >= 0.3 is 0 Å². The number of carbonyl (C=O) groups excluding carboxylic acids is 1. The van der Waals surface area contributed by atoms with Crippen LogP contribution in [0.15, 0.2) is 48.5 Å². The highest BCUT2D eigenvalue weighted by atomic mass is 35.5. The third-order valence-corrected chi connectivity index (χ3v) is 5.43. The standard InChI is InChI=1S/C21H24Cl2N2O/c1-15(17-6-10-20(23)11-7-17)24-21(26)18-3-2-12-25(14-18)13-16-4-8-19(22)9-5-16/h4-11,15,18H,2-3,12-14H2,1H3,(H,24,26)/t15-,18+/m1/s1. The molecule has 2 atom stereocenters. The van der Waals surface area contributed by atoms with Crippen molar-refractivity contribution in [1.29, 1.82) is 0 Å². The highest BCUT2D eigenvalue weighted by Crippen LogP contribution is 2.22. The molecule has 0 saturated carbocycles. The smallest absolute Gasteiger partial charge is 0.224 e. The highest BCUT2D eigenvalue weighted by Gasteiger charge is 2.26. The number of carbonyl (C=O) groups is 1. The molecule has 3 rings (SSSR count). The Morgan fingerprint density at radius 2 is 1.73 bits per heavy atom. The van der Waals surface area contributed by atoms with Crippen molar-refractivity contribution in [2.24, 2.45) is 5.92 Å². The Balaban J connectivity index is 1.55. The van der Waals surface area contributed by atoms with Gasteiger partial charge in [0.1, 0.15) is 0 Å². The molecule has 0 aliphatic carbocycles. The number of nitrogens with zero attached hydrogens (tertiary/aromatic N) is 1. The first kappa shape index (κ1) is 19.2. The Morgan fingerprint density at radius 1 is 1.12 bits per heavy atom. The molecule has 1 aliphatic rings. The van der Waals surface area contributed by atoms with Crippen LogP contribution in [0.2, 0.25) is 10.0 Å². The molecular formula is C21H24Cl2N2O. The van der Waals surface area contributed by atoms with Crippen molar-refractivity contribution in [2.75, 3.05) is 13.1 Å². The molecule has 1 N–H and O–H groups in total. The topological polar surface area (TPSA) is 32.3 Å². The third kappa shape index (κ3) is 5.23. The van der Waals surface area contributed by atoms with E-state index in [0.717, 1.165) is 43.1 Å². The lowest BCUT2D eigenvalue weighted by molar-refractivity contribution is -0.127. The predicted molar refractivity (Wildman–Crippen MR) is 107 cm³/mol. The van der Waals surface area contributed by atoms with Gasteiger partial charge in [-0.15, -0.1) is 0 Å². The number of piperidine rings is 1. The van der Waals surface area contributed by atoms with Crippen LogP contribution in [0.1, 0.15) is 36.9 Å². The molecular weight excluding hydrogens is 367 g/mol. The Morgan fingerprint density at radius 3 is 2.38 bits per heavy atom. The number of nitrogens with one attached hydrogen (secondary N) is 1. The Labute approximate surface area is 165 Å². The highest BCUT2D eigenvalue weighted by molar-refractivity contribution is 6.30. The lowest BCUT2D eigenvalue weighted by Crippen LogP contribution is -2.43. The summed E-state index contributed by atoms with van der Waals surface area (Å²) in [6, 6.07) is 15.5. The second-order valence-electron chi connectivity index (χ2n) is 6.98. The number of halogens is 2. The maximum atomic E-state index is 12.7. The molecule has 0 aromatic heterocycles. The summed E-state index contributed by atoms with van der Waals surface area (Å²) in [6.07, 6.45) is 1.98. The zero-order valence-electron chi connectivity index (χ0n) is 14.9. The van der Waals surface area contributed by atoms with Crippen molar-refractivity contribution in [3.8, 4) is 0 Å². The minimum Gasteiger partial charge on any atom is -0.349 e. The fraction of sp³-hybridized carbons (Fsp3) is 0.381. The second kappa shape index (κ2) is 8.90. The van der Waals surface area contributed by atoms with Gasteiger partial charge in [0.25, 0.3) is 0 Å². The SMILES string of the molecule is C[C@@H](NC(=O)[C@H]1CCCN(Cc2ccc(Cl)cc2)C1)c1ccc(Cl)cc1. The molecule has 1 aliphatic heterocycles. The van der Waals surface area contributed by atoms with E-state index >= 15 is 0 Å². The van der Waals surface area contributed by atoms with Crippen LogP contribution in [0, 0.1) is 5.92 Å². The molecule has 26 heavy (non-hydrogen) atoms. The summed E-state index contributed by atoms with van der Waals surface area (Å²) in [7, 11) is 0. The summed E-state index contributed by atoms with van der Waals surface area (Å²) in [6.45, 7) is 4.68. The maximum Gasteiger partial charge on any atom is 0.224 e. The largest absolute Gasteiger partial charge is 0.349 e. The second-order valence-corrected chi connectivity index (χ2v) is 7.86. The van der Waals surface area contributed by atoms with Gasteiger partial charge in [-0.05, 0) is 61.7 Å². The molecule has 5 heteroatoms. The Bertz CT molecular complexity index is 731. The summed E-state index contributed by atoms with van der Waals surface area (Å²) in [4.78, 5) is 15.1. The zero-order chi connectivity index (χ0) is 18.5. The molecule has 0 unspecified atom stereocenters. The molecule has 0 radical (unpaired) electrons. The van der Waals surface area contributed by atoms with Crippen molar-refractivity contribution in [2.45, 2.75) is 32.4 Å². The van der Waals surface area contributed by atoms with Crippen LogP contribution in [0.3, 0.4) is 0 Å². The van der Waals surface area contributed by atoms with Gasteiger partial charge in [0.2, 0.25) is 5.91 Å². The van der Waals surface area contributed by atoms with Crippen molar-refractivity contribution < 1.29 is 4.79 Å². The Hall–Kier alpha value is -1.55. The van der Waals surface area contributed by atoms with E-state index in [-0.39, 0.29) is 17.9 Å². The summed E-state index contributed by atoms with van der Waals surface area (Å²) in [5, 5.41) is 4.61. The summed E-state index contributed by atoms with van der Waals surface area (Å²) >= 11 is 11.9. The first-order chi connectivity index (χ1) is 12.5. The van der Waals surface area contributed by atoms with E-state index in [1.54, 1.807) is 0 Å². The van der Waals surface area contributed by atoms with Crippen molar-refractivity contribution >= 4 is 29.1 Å². The minimum absolute atomic E-state index is 0.0218. The van der Waals surface area contributed by atoms with E-state index in [1.807, 2.05) is 43.3 Å². The van der Waals surface area contributed by atoms with E-state index < -0.39 is 0 Å². The van der Waals surface area contributed by atoms with Gasteiger partial charge < -0.3 is 5.32 Å². The van der Waals surface area contributed by atoms with Crippen LogP contribution < -0.4 is 5.32 Å². The molecule has 3 nitrogen and oxygen atoms in total. The normalized spacial score (nSPS) is 19.1. The number of hydrogen-bond acceptors (Lipinski definition) is 2. The van der Waals surface area contributed by atoms with Crippen LogP contribution in [0.4, 0.5) is 0 Å². The van der Waals surface area contributed by atoms with Crippen LogP contribution in [0.25, 0.3) is 0 Å². The molecule has 1 saturated heterocycles. The van der Waals surface area contributed by atoms with E-state index in [9.17, 15) is 4.79 Å². The minimum atomic E-state index is -0.0218. The van der Waals surface area contributed by atoms with Gasteiger partial charge in [-0.1, -0.05) is 47.5 Å². The van der Waals surface area contributed by atoms with Crippen LogP contribution in [0.5, 0.6) is 0 Å². The van der Waals surface area contributed by atoms with Crippen LogP contribution in [-0.4, -0.2) is 23.9 Å². The van der Waals surface area contributed by atoms with Gasteiger partial charge in [-0.25, -0.2) is 0 Å². The molecule has 1 fully saturated rings. The van der Waals surface area contributed by atoms with Gasteiger partial charge in [-0.3, -0.25) is 9.69 Å². The van der Waals surface area contributed by atoms with Crippen molar-refractivity contribution in [3.63, 3.8) is 0 Å². The molecule has 2 aromatic carbocycles. The van der Waals surface area contributed by atoms with Crippen molar-refractivity contribution in [1.82, 2.24) is 10.2 Å². The van der Waals surface area contributed by atoms with E-state index in [0.29, 0.717) is 5.02 Å².